The molecular weight excluding hydrogens is 298 g/mol. The van der Waals surface area contributed by atoms with Crippen LogP contribution in [0.1, 0.15) is 24.5 Å². The summed E-state index contributed by atoms with van der Waals surface area (Å²) < 4.78 is 12.4. The highest BCUT2D eigenvalue weighted by molar-refractivity contribution is 9.10. The Morgan fingerprint density at radius 3 is 2.44 bits per heavy atom. The molecule has 5 heteroatoms. The van der Waals surface area contributed by atoms with E-state index in [-0.39, 0.29) is 12.0 Å². The highest BCUT2D eigenvalue weighted by Gasteiger charge is 2.46. The second-order valence-electron chi connectivity index (χ2n) is 5.15. The van der Waals surface area contributed by atoms with Crippen molar-refractivity contribution in [3.8, 4) is 11.5 Å². The zero-order chi connectivity index (χ0) is 12.8. The first-order valence-electron chi connectivity index (χ1n) is 6.11. The van der Waals surface area contributed by atoms with Crippen LogP contribution in [0.25, 0.3) is 0 Å². The SMILES string of the molecule is NCC(O)c1cc2c(cc1Br)OCC1(CC1)CO2. The molecule has 1 aliphatic carbocycles. The standard InChI is InChI=1S/C13H16BrNO3/c14-9-4-12-11(3-8(9)10(16)5-15)17-6-13(1-2-13)7-18-12/h3-4,10,16H,1-2,5-7,15H2. The third kappa shape index (κ3) is 2.11. The summed E-state index contributed by atoms with van der Waals surface area (Å²) >= 11 is 3.44. The summed E-state index contributed by atoms with van der Waals surface area (Å²) in [6, 6.07) is 3.67. The number of rotatable bonds is 2. The molecule has 0 aromatic heterocycles. The molecule has 1 aromatic rings. The number of aliphatic hydroxyl groups excluding tert-OH is 1. The second kappa shape index (κ2) is 4.40. The van der Waals surface area contributed by atoms with Crippen LogP contribution in [0.5, 0.6) is 11.5 Å². The number of halogens is 1. The highest BCUT2D eigenvalue weighted by atomic mass is 79.9. The van der Waals surface area contributed by atoms with Crippen molar-refractivity contribution >= 4 is 15.9 Å². The number of aliphatic hydroxyl groups is 1. The highest BCUT2D eigenvalue weighted by Crippen LogP contribution is 2.49. The van der Waals surface area contributed by atoms with Crippen molar-refractivity contribution in [3.63, 3.8) is 0 Å². The van der Waals surface area contributed by atoms with Gasteiger partial charge in [0.25, 0.3) is 0 Å². The van der Waals surface area contributed by atoms with E-state index in [0.717, 1.165) is 15.8 Å². The molecule has 2 aliphatic rings. The minimum atomic E-state index is -0.689. The smallest absolute Gasteiger partial charge is 0.162 e. The first-order valence-corrected chi connectivity index (χ1v) is 6.90. The van der Waals surface area contributed by atoms with Gasteiger partial charge < -0.3 is 20.3 Å². The van der Waals surface area contributed by atoms with Gasteiger partial charge in [-0.1, -0.05) is 15.9 Å². The predicted molar refractivity (Wildman–Crippen MR) is 70.8 cm³/mol. The molecule has 18 heavy (non-hydrogen) atoms. The summed E-state index contributed by atoms with van der Waals surface area (Å²) in [7, 11) is 0. The molecule has 0 bridgehead atoms. The van der Waals surface area contributed by atoms with Crippen molar-refractivity contribution < 1.29 is 14.6 Å². The fourth-order valence-corrected chi connectivity index (χ4v) is 2.71. The lowest BCUT2D eigenvalue weighted by molar-refractivity contribution is 0.184. The summed E-state index contributed by atoms with van der Waals surface area (Å²) in [4.78, 5) is 0. The largest absolute Gasteiger partial charge is 0.489 e. The molecule has 1 aromatic carbocycles. The molecule has 1 heterocycles. The van der Waals surface area contributed by atoms with E-state index in [1.807, 2.05) is 12.1 Å². The number of nitrogens with two attached hydrogens (primary N) is 1. The Hall–Kier alpha value is -0.780. The quantitative estimate of drug-likeness (QED) is 0.876. The fraction of sp³-hybridized carbons (Fsp3) is 0.538. The number of fused-ring (bicyclic) bond motifs is 1. The lowest BCUT2D eigenvalue weighted by atomic mass is 10.1. The van der Waals surface area contributed by atoms with Crippen LogP contribution >= 0.6 is 15.9 Å². The van der Waals surface area contributed by atoms with Gasteiger partial charge in [0.1, 0.15) is 0 Å². The normalized spacial score (nSPS) is 21.5. The molecule has 98 valence electrons. The Morgan fingerprint density at radius 2 is 1.89 bits per heavy atom. The number of benzene rings is 1. The average Bonchev–Trinajstić information content (AvgIpc) is 3.16. The third-order valence-corrected chi connectivity index (χ3v) is 4.36. The van der Waals surface area contributed by atoms with Gasteiger partial charge in [-0.25, -0.2) is 0 Å². The van der Waals surface area contributed by atoms with E-state index < -0.39 is 6.10 Å². The van der Waals surface area contributed by atoms with Crippen LogP contribution in [0, 0.1) is 5.41 Å². The molecule has 1 spiro atoms. The minimum Gasteiger partial charge on any atom is -0.489 e. The van der Waals surface area contributed by atoms with E-state index >= 15 is 0 Å². The van der Waals surface area contributed by atoms with Crippen molar-refractivity contribution in [2.24, 2.45) is 11.1 Å². The lowest BCUT2D eigenvalue weighted by Gasteiger charge is -2.14. The van der Waals surface area contributed by atoms with Crippen molar-refractivity contribution in [3.05, 3.63) is 22.2 Å². The maximum atomic E-state index is 9.85. The molecule has 1 aliphatic heterocycles. The van der Waals surface area contributed by atoms with E-state index in [2.05, 4.69) is 15.9 Å². The maximum Gasteiger partial charge on any atom is 0.162 e. The zero-order valence-corrected chi connectivity index (χ0v) is 11.6. The van der Waals surface area contributed by atoms with Crippen LogP contribution in [0.4, 0.5) is 0 Å². The van der Waals surface area contributed by atoms with Crippen molar-refractivity contribution in [1.82, 2.24) is 0 Å². The van der Waals surface area contributed by atoms with Gasteiger partial charge in [-0.2, -0.15) is 0 Å². The number of hydrogen-bond acceptors (Lipinski definition) is 4. The van der Waals surface area contributed by atoms with Gasteiger partial charge in [-0.05, 0) is 30.5 Å². The van der Waals surface area contributed by atoms with Crippen molar-refractivity contribution in [2.75, 3.05) is 19.8 Å². The Balaban J connectivity index is 1.93. The summed E-state index contributed by atoms with van der Waals surface area (Å²) in [6.45, 7) is 1.59. The van der Waals surface area contributed by atoms with Crippen LogP contribution in [-0.2, 0) is 0 Å². The van der Waals surface area contributed by atoms with Crippen LogP contribution in [0.3, 0.4) is 0 Å². The van der Waals surface area contributed by atoms with Gasteiger partial charge in [0.05, 0.1) is 19.3 Å². The second-order valence-corrected chi connectivity index (χ2v) is 6.00. The van der Waals surface area contributed by atoms with Gasteiger partial charge >= 0.3 is 0 Å². The zero-order valence-electron chi connectivity index (χ0n) is 9.99. The van der Waals surface area contributed by atoms with Crippen LogP contribution in [0.15, 0.2) is 16.6 Å². The molecular formula is C13H16BrNO3. The molecule has 0 radical (unpaired) electrons. The van der Waals surface area contributed by atoms with Crippen molar-refractivity contribution in [1.29, 1.82) is 0 Å². The fourth-order valence-electron chi connectivity index (χ4n) is 2.13. The summed E-state index contributed by atoms with van der Waals surface area (Å²) in [5, 5.41) is 9.85. The Kier molecular flexibility index (Phi) is 3.00. The molecule has 3 N–H and O–H groups in total. The molecule has 1 fully saturated rings. The van der Waals surface area contributed by atoms with E-state index in [4.69, 9.17) is 15.2 Å². The van der Waals surface area contributed by atoms with E-state index in [9.17, 15) is 5.11 Å². The average molecular weight is 314 g/mol. The lowest BCUT2D eigenvalue weighted by Crippen LogP contribution is -2.17. The monoisotopic (exact) mass is 313 g/mol. The first-order chi connectivity index (χ1) is 8.63. The number of ether oxygens (including phenoxy) is 2. The molecule has 1 saturated carbocycles. The molecule has 0 saturated heterocycles. The van der Waals surface area contributed by atoms with E-state index in [1.54, 1.807) is 0 Å². The first kappa shape index (κ1) is 12.3. The van der Waals surface area contributed by atoms with Gasteiger partial charge in [-0.3, -0.25) is 0 Å². The Labute approximate surface area is 114 Å². The summed E-state index contributed by atoms with van der Waals surface area (Å²) in [5.41, 5.74) is 6.45. The van der Waals surface area contributed by atoms with Crippen LogP contribution in [0.2, 0.25) is 0 Å². The predicted octanol–water partition coefficient (Wildman–Crippen LogP) is 1.99. The van der Waals surface area contributed by atoms with Crippen LogP contribution in [-0.4, -0.2) is 24.9 Å². The molecule has 1 unspecified atom stereocenters. The van der Waals surface area contributed by atoms with E-state index in [0.29, 0.717) is 19.0 Å². The topological polar surface area (TPSA) is 64.7 Å². The molecule has 4 nitrogen and oxygen atoms in total. The summed E-state index contributed by atoms with van der Waals surface area (Å²) in [5.74, 6) is 1.43. The third-order valence-electron chi connectivity index (χ3n) is 3.67. The number of hydrogen-bond donors (Lipinski definition) is 2. The Bertz CT molecular complexity index is 474. The van der Waals surface area contributed by atoms with Gasteiger partial charge in [0.2, 0.25) is 0 Å². The van der Waals surface area contributed by atoms with E-state index in [1.165, 1.54) is 12.8 Å². The maximum absolute atomic E-state index is 9.85. The minimum absolute atomic E-state index is 0.183. The summed E-state index contributed by atoms with van der Waals surface area (Å²) in [6.07, 6.45) is 1.65. The van der Waals surface area contributed by atoms with Gasteiger partial charge in [-0.15, -0.1) is 0 Å². The molecule has 3 rings (SSSR count). The Morgan fingerprint density at radius 1 is 1.28 bits per heavy atom. The molecule has 0 amide bonds. The van der Waals surface area contributed by atoms with Gasteiger partial charge in [0, 0.05) is 16.4 Å². The van der Waals surface area contributed by atoms with Gasteiger partial charge in [0.15, 0.2) is 11.5 Å². The van der Waals surface area contributed by atoms with Crippen LogP contribution < -0.4 is 15.2 Å². The van der Waals surface area contributed by atoms with Crippen molar-refractivity contribution in [2.45, 2.75) is 18.9 Å². The molecule has 1 atom stereocenters.